The molecule has 5 heteroatoms. The van der Waals surface area contributed by atoms with E-state index in [1.807, 2.05) is 4.90 Å². The summed E-state index contributed by atoms with van der Waals surface area (Å²) in [6.07, 6.45) is 8.44. The van der Waals surface area contributed by atoms with Gasteiger partial charge in [-0.15, -0.1) is 0 Å². The zero-order chi connectivity index (χ0) is 15.4. The van der Waals surface area contributed by atoms with Crippen molar-refractivity contribution in [1.29, 1.82) is 0 Å². The van der Waals surface area contributed by atoms with Gasteiger partial charge in [0.1, 0.15) is 0 Å². The van der Waals surface area contributed by atoms with E-state index >= 15 is 0 Å². The second-order valence-corrected chi connectivity index (χ2v) is 7.17. The van der Waals surface area contributed by atoms with Crippen molar-refractivity contribution in [2.24, 2.45) is 0 Å². The van der Waals surface area contributed by atoms with Crippen molar-refractivity contribution in [3.8, 4) is 0 Å². The van der Waals surface area contributed by atoms with E-state index in [0.717, 1.165) is 58.5 Å². The molecule has 0 aromatic heterocycles. The van der Waals surface area contributed by atoms with Crippen molar-refractivity contribution >= 4 is 6.03 Å². The Kier molecular flexibility index (Phi) is 5.58. The Hall–Kier alpha value is -0.810. The zero-order valence-electron chi connectivity index (χ0n) is 13.9. The Morgan fingerprint density at radius 1 is 1.05 bits per heavy atom. The monoisotopic (exact) mass is 309 g/mol. The van der Waals surface area contributed by atoms with Crippen LogP contribution in [0, 0.1) is 0 Å². The minimum Gasteiger partial charge on any atom is -0.381 e. The first-order chi connectivity index (χ1) is 10.7. The lowest BCUT2D eigenvalue weighted by atomic mass is 9.95. The van der Waals surface area contributed by atoms with Gasteiger partial charge in [0, 0.05) is 51.0 Å². The first-order valence-corrected chi connectivity index (χ1v) is 9.13. The van der Waals surface area contributed by atoms with Crippen molar-refractivity contribution in [1.82, 2.24) is 15.1 Å². The largest absolute Gasteiger partial charge is 0.381 e. The van der Waals surface area contributed by atoms with Crippen LogP contribution in [0.15, 0.2) is 0 Å². The van der Waals surface area contributed by atoms with E-state index in [0.29, 0.717) is 18.1 Å². The Morgan fingerprint density at radius 2 is 1.77 bits per heavy atom. The Bertz CT molecular complexity index is 365. The molecule has 0 radical (unpaired) electrons. The second-order valence-electron chi connectivity index (χ2n) is 7.17. The van der Waals surface area contributed by atoms with E-state index in [1.54, 1.807) is 0 Å². The van der Waals surface area contributed by atoms with Gasteiger partial charge in [-0.25, -0.2) is 4.79 Å². The number of amides is 2. The average molecular weight is 309 g/mol. The maximum atomic E-state index is 12.5. The molecule has 1 saturated carbocycles. The van der Waals surface area contributed by atoms with Gasteiger partial charge < -0.3 is 15.0 Å². The fraction of sp³-hybridized carbons (Fsp3) is 0.941. The second kappa shape index (κ2) is 7.64. The number of hydrogen-bond donors (Lipinski definition) is 1. The summed E-state index contributed by atoms with van der Waals surface area (Å²) in [6, 6.07) is 1.52. The number of rotatable bonds is 2. The third-order valence-corrected chi connectivity index (χ3v) is 5.56. The predicted octanol–water partition coefficient (Wildman–Crippen LogP) is 2.21. The van der Waals surface area contributed by atoms with E-state index in [1.165, 1.54) is 19.3 Å². The Morgan fingerprint density at radius 3 is 2.45 bits per heavy atom. The van der Waals surface area contributed by atoms with Gasteiger partial charge in [-0.2, -0.15) is 0 Å². The molecule has 3 fully saturated rings. The first kappa shape index (κ1) is 16.1. The molecule has 1 aliphatic carbocycles. The van der Waals surface area contributed by atoms with Gasteiger partial charge in [0.15, 0.2) is 0 Å². The van der Waals surface area contributed by atoms with Crippen LogP contribution in [0.2, 0.25) is 0 Å². The quantitative estimate of drug-likeness (QED) is 0.850. The lowest BCUT2D eigenvalue weighted by Gasteiger charge is -2.44. The molecule has 0 bridgehead atoms. The lowest BCUT2D eigenvalue weighted by Crippen LogP contribution is -2.60. The summed E-state index contributed by atoms with van der Waals surface area (Å²) in [5.41, 5.74) is 0. The highest BCUT2D eigenvalue weighted by molar-refractivity contribution is 5.75. The van der Waals surface area contributed by atoms with Gasteiger partial charge in [0.25, 0.3) is 0 Å². The maximum Gasteiger partial charge on any atom is 0.317 e. The molecule has 1 atom stereocenters. The fourth-order valence-electron chi connectivity index (χ4n) is 4.17. The van der Waals surface area contributed by atoms with E-state index in [2.05, 4.69) is 17.1 Å². The number of carbonyl (C=O) groups is 1. The molecular formula is C17H31N3O2. The smallest absolute Gasteiger partial charge is 0.317 e. The highest BCUT2D eigenvalue weighted by Gasteiger charge is 2.32. The molecule has 0 aromatic carbocycles. The SMILES string of the molecule is C[C@H]1CN(C2CCOCC2)CCN1C(=O)NC1CCCCC1. The molecule has 2 saturated heterocycles. The van der Waals surface area contributed by atoms with Crippen LogP contribution in [-0.2, 0) is 4.74 Å². The number of ether oxygens (including phenoxy) is 1. The van der Waals surface area contributed by atoms with E-state index < -0.39 is 0 Å². The number of hydrogen-bond acceptors (Lipinski definition) is 3. The van der Waals surface area contributed by atoms with Gasteiger partial charge >= 0.3 is 6.03 Å². The van der Waals surface area contributed by atoms with Crippen LogP contribution in [0.5, 0.6) is 0 Å². The minimum atomic E-state index is 0.158. The van der Waals surface area contributed by atoms with Gasteiger partial charge in [-0.1, -0.05) is 19.3 Å². The normalized spacial score (nSPS) is 29.5. The number of nitrogens with zero attached hydrogens (tertiary/aromatic N) is 2. The molecule has 22 heavy (non-hydrogen) atoms. The van der Waals surface area contributed by atoms with Crippen molar-refractivity contribution in [3.63, 3.8) is 0 Å². The highest BCUT2D eigenvalue weighted by Crippen LogP contribution is 2.21. The number of urea groups is 1. The number of piperazine rings is 1. The summed E-state index contributed by atoms with van der Waals surface area (Å²) in [5.74, 6) is 0. The Balaban J connectivity index is 1.47. The molecule has 0 unspecified atom stereocenters. The molecule has 2 aliphatic heterocycles. The van der Waals surface area contributed by atoms with Crippen molar-refractivity contribution < 1.29 is 9.53 Å². The van der Waals surface area contributed by atoms with Crippen LogP contribution < -0.4 is 5.32 Å². The topological polar surface area (TPSA) is 44.8 Å². The summed E-state index contributed by atoms with van der Waals surface area (Å²) in [6.45, 7) is 6.84. The summed E-state index contributed by atoms with van der Waals surface area (Å²) >= 11 is 0. The summed E-state index contributed by atoms with van der Waals surface area (Å²) in [4.78, 5) is 17.1. The van der Waals surface area contributed by atoms with Gasteiger partial charge in [0.05, 0.1) is 0 Å². The van der Waals surface area contributed by atoms with E-state index in [4.69, 9.17) is 4.74 Å². The van der Waals surface area contributed by atoms with Crippen LogP contribution >= 0.6 is 0 Å². The molecule has 2 heterocycles. The third kappa shape index (κ3) is 3.93. The van der Waals surface area contributed by atoms with Crippen molar-refractivity contribution in [3.05, 3.63) is 0 Å². The van der Waals surface area contributed by atoms with Crippen LogP contribution in [0.25, 0.3) is 0 Å². The van der Waals surface area contributed by atoms with Crippen LogP contribution in [0.3, 0.4) is 0 Å². The fourth-order valence-corrected chi connectivity index (χ4v) is 4.17. The van der Waals surface area contributed by atoms with Crippen molar-refractivity contribution in [2.45, 2.75) is 70.0 Å². The molecule has 3 aliphatic rings. The summed E-state index contributed by atoms with van der Waals surface area (Å²) < 4.78 is 5.46. The molecule has 1 N–H and O–H groups in total. The lowest BCUT2D eigenvalue weighted by molar-refractivity contribution is 0.00670. The van der Waals surface area contributed by atoms with Crippen LogP contribution in [0.4, 0.5) is 4.79 Å². The maximum absolute atomic E-state index is 12.5. The number of nitrogens with one attached hydrogen (secondary N) is 1. The van der Waals surface area contributed by atoms with E-state index in [9.17, 15) is 4.79 Å². The molecule has 0 aromatic rings. The summed E-state index contributed by atoms with van der Waals surface area (Å²) in [5, 5.41) is 3.26. The Labute approximate surface area is 134 Å². The van der Waals surface area contributed by atoms with Gasteiger partial charge in [-0.05, 0) is 32.6 Å². The average Bonchev–Trinajstić information content (AvgIpc) is 2.56. The van der Waals surface area contributed by atoms with Crippen molar-refractivity contribution in [2.75, 3.05) is 32.8 Å². The molecule has 0 spiro atoms. The zero-order valence-corrected chi connectivity index (χ0v) is 13.9. The van der Waals surface area contributed by atoms with Crippen LogP contribution in [-0.4, -0.2) is 66.8 Å². The third-order valence-electron chi connectivity index (χ3n) is 5.56. The molecule has 2 amide bonds. The molecular weight excluding hydrogens is 278 g/mol. The van der Waals surface area contributed by atoms with Gasteiger partial charge in [0.2, 0.25) is 0 Å². The summed E-state index contributed by atoms with van der Waals surface area (Å²) in [7, 11) is 0. The minimum absolute atomic E-state index is 0.158. The van der Waals surface area contributed by atoms with Gasteiger partial charge in [-0.3, -0.25) is 4.90 Å². The van der Waals surface area contributed by atoms with E-state index in [-0.39, 0.29) is 6.03 Å². The van der Waals surface area contributed by atoms with Crippen LogP contribution in [0.1, 0.15) is 51.9 Å². The number of carbonyl (C=O) groups excluding carboxylic acids is 1. The highest BCUT2D eigenvalue weighted by atomic mass is 16.5. The predicted molar refractivity (Wildman–Crippen MR) is 87.0 cm³/mol. The molecule has 3 rings (SSSR count). The molecule has 5 nitrogen and oxygen atoms in total. The molecule has 126 valence electrons. The first-order valence-electron chi connectivity index (χ1n) is 9.13. The standard InChI is InChI=1S/C17H31N3O2/c1-14-13-19(16-7-11-22-12-8-16)9-10-20(14)17(21)18-15-5-3-2-4-6-15/h14-16H,2-13H2,1H3,(H,18,21)/t14-/m0/s1.